The van der Waals surface area contributed by atoms with Crippen molar-refractivity contribution in [1.29, 1.82) is 0 Å². The maximum atomic E-state index is 13.2. The Hall–Kier alpha value is -2.08. The second-order valence-corrected chi connectivity index (χ2v) is 6.92. The van der Waals surface area contributed by atoms with E-state index in [9.17, 15) is 9.59 Å². The van der Waals surface area contributed by atoms with E-state index < -0.39 is 0 Å². The Labute approximate surface area is 141 Å². The SMILES string of the molecule is CN1CCC[C@H]1[C@@H]1CCCN1C(=O)c1cccc2c1OCC(=O)N2. The normalized spacial score (nSPS) is 26.9. The van der Waals surface area contributed by atoms with Gasteiger partial charge in [-0.05, 0) is 51.4 Å². The molecule has 6 heteroatoms. The van der Waals surface area contributed by atoms with E-state index in [1.54, 1.807) is 18.2 Å². The number of carbonyl (C=O) groups excluding carboxylic acids is 2. The Morgan fingerprint density at radius 1 is 1.21 bits per heavy atom. The van der Waals surface area contributed by atoms with Crippen LogP contribution < -0.4 is 10.1 Å². The number of hydrogen-bond acceptors (Lipinski definition) is 4. The fourth-order valence-electron chi connectivity index (χ4n) is 4.30. The summed E-state index contributed by atoms with van der Waals surface area (Å²) in [7, 11) is 2.15. The summed E-state index contributed by atoms with van der Waals surface area (Å²) < 4.78 is 5.56. The van der Waals surface area contributed by atoms with Crippen LogP contribution in [0.15, 0.2) is 18.2 Å². The number of carbonyl (C=O) groups is 2. The third-order valence-electron chi connectivity index (χ3n) is 5.45. The molecule has 0 aliphatic carbocycles. The lowest BCUT2D eigenvalue weighted by molar-refractivity contribution is -0.118. The van der Waals surface area contributed by atoms with Crippen LogP contribution in [0.25, 0.3) is 0 Å². The van der Waals surface area contributed by atoms with Crippen molar-refractivity contribution >= 4 is 17.5 Å². The second-order valence-electron chi connectivity index (χ2n) is 6.92. The summed E-state index contributed by atoms with van der Waals surface area (Å²) in [5, 5.41) is 2.78. The lowest BCUT2D eigenvalue weighted by atomic mass is 10.0. The summed E-state index contributed by atoms with van der Waals surface area (Å²) in [6.07, 6.45) is 4.47. The molecule has 2 saturated heterocycles. The van der Waals surface area contributed by atoms with Crippen LogP contribution in [0, 0.1) is 0 Å². The molecule has 3 aliphatic heterocycles. The number of fused-ring (bicyclic) bond motifs is 1. The average molecular weight is 329 g/mol. The number of hydrogen-bond donors (Lipinski definition) is 1. The van der Waals surface area contributed by atoms with Crippen LogP contribution in [0.4, 0.5) is 5.69 Å². The van der Waals surface area contributed by atoms with Crippen molar-refractivity contribution in [2.24, 2.45) is 0 Å². The van der Waals surface area contributed by atoms with Gasteiger partial charge in [0.15, 0.2) is 12.4 Å². The van der Waals surface area contributed by atoms with Gasteiger partial charge in [0.2, 0.25) is 0 Å². The highest BCUT2D eigenvalue weighted by molar-refractivity contribution is 6.03. The van der Waals surface area contributed by atoms with Crippen LogP contribution in [-0.2, 0) is 4.79 Å². The van der Waals surface area contributed by atoms with Gasteiger partial charge in [0, 0.05) is 18.6 Å². The number of nitrogens with zero attached hydrogens (tertiary/aromatic N) is 2. The molecule has 4 rings (SSSR count). The molecule has 0 aromatic heterocycles. The smallest absolute Gasteiger partial charge is 0.262 e. The standard InChI is InChI=1S/C18H23N3O3/c1-20-9-3-7-14(20)15-8-4-10-21(15)18(23)12-5-2-6-13-17(12)24-11-16(22)19-13/h2,5-6,14-15H,3-4,7-11H2,1H3,(H,19,22)/t14-,15-/m0/s1. The van der Waals surface area contributed by atoms with E-state index in [2.05, 4.69) is 17.3 Å². The minimum absolute atomic E-state index is 0.0193. The molecule has 0 saturated carbocycles. The molecule has 3 heterocycles. The molecular weight excluding hydrogens is 306 g/mol. The maximum Gasteiger partial charge on any atom is 0.262 e. The van der Waals surface area contributed by atoms with Crippen molar-refractivity contribution in [3.8, 4) is 5.75 Å². The number of rotatable bonds is 2. The van der Waals surface area contributed by atoms with Crippen molar-refractivity contribution in [2.45, 2.75) is 37.8 Å². The first kappa shape index (κ1) is 15.4. The zero-order valence-corrected chi connectivity index (χ0v) is 14.0. The van der Waals surface area contributed by atoms with E-state index in [1.807, 2.05) is 4.90 Å². The zero-order chi connectivity index (χ0) is 16.7. The second kappa shape index (κ2) is 6.09. The first-order valence-electron chi connectivity index (χ1n) is 8.72. The van der Waals surface area contributed by atoms with Gasteiger partial charge in [0.05, 0.1) is 11.3 Å². The van der Waals surface area contributed by atoms with Crippen molar-refractivity contribution in [3.05, 3.63) is 23.8 Å². The summed E-state index contributed by atoms with van der Waals surface area (Å²) >= 11 is 0. The summed E-state index contributed by atoms with van der Waals surface area (Å²) in [6, 6.07) is 6.10. The minimum Gasteiger partial charge on any atom is -0.481 e. The Morgan fingerprint density at radius 3 is 2.79 bits per heavy atom. The van der Waals surface area contributed by atoms with Gasteiger partial charge in [-0.25, -0.2) is 0 Å². The number of likely N-dealkylation sites (N-methyl/N-ethyl adjacent to an activating group) is 1. The maximum absolute atomic E-state index is 13.2. The highest BCUT2D eigenvalue weighted by atomic mass is 16.5. The van der Waals surface area contributed by atoms with E-state index in [0.717, 1.165) is 32.4 Å². The number of amides is 2. The molecule has 0 radical (unpaired) electrons. The molecule has 0 unspecified atom stereocenters. The molecule has 6 nitrogen and oxygen atoms in total. The monoisotopic (exact) mass is 329 g/mol. The van der Waals surface area contributed by atoms with E-state index >= 15 is 0 Å². The molecule has 2 amide bonds. The van der Waals surface area contributed by atoms with Gasteiger partial charge in [-0.1, -0.05) is 6.07 Å². The quantitative estimate of drug-likeness (QED) is 0.897. The first-order chi connectivity index (χ1) is 11.6. The molecule has 128 valence electrons. The van der Waals surface area contributed by atoms with Gasteiger partial charge in [-0.3, -0.25) is 9.59 Å². The van der Waals surface area contributed by atoms with Gasteiger partial charge >= 0.3 is 0 Å². The molecule has 0 bridgehead atoms. The number of benzene rings is 1. The molecule has 2 atom stereocenters. The van der Waals surface area contributed by atoms with Crippen molar-refractivity contribution in [3.63, 3.8) is 0 Å². The third kappa shape index (κ3) is 2.55. The number of nitrogens with one attached hydrogen (secondary N) is 1. The number of likely N-dealkylation sites (tertiary alicyclic amines) is 2. The number of anilines is 1. The van der Waals surface area contributed by atoms with Gasteiger partial charge < -0.3 is 19.9 Å². The van der Waals surface area contributed by atoms with Gasteiger partial charge in [-0.15, -0.1) is 0 Å². The van der Waals surface area contributed by atoms with Crippen LogP contribution >= 0.6 is 0 Å². The predicted molar refractivity (Wildman–Crippen MR) is 90.3 cm³/mol. The fourth-order valence-corrected chi connectivity index (χ4v) is 4.30. The third-order valence-corrected chi connectivity index (χ3v) is 5.45. The van der Waals surface area contributed by atoms with Gasteiger partial charge in [0.25, 0.3) is 11.8 Å². The van der Waals surface area contributed by atoms with Crippen LogP contribution in [0.1, 0.15) is 36.0 Å². The van der Waals surface area contributed by atoms with Crippen LogP contribution in [-0.4, -0.2) is 60.4 Å². The Kier molecular flexibility index (Phi) is 3.92. The summed E-state index contributed by atoms with van der Waals surface area (Å²) in [6.45, 7) is 1.87. The Morgan fingerprint density at radius 2 is 2.00 bits per heavy atom. The molecule has 0 spiro atoms. The van der Waals surface area contributed by atoms with Gasteiger partial charge in [-0.2, -0.15) is 0 Å². The van der Waals surface area contributed by atoms with Crippen molar-refractivity contribution in [2.75, 3.05) is 32.1 Å². The van der Waals surface area contributed by atoms with E-state index in [0.29, 0.717) is 23.0 Å². The summed E-state index contributed by atoms with van der Waals surface area (Å²) in [4.78, 5) is 29.1. The number of ether oxygens (including phenoxy) is 1. The van der Waals surface area contributed by atoms with Crippen LogP contribution in [0.2, 0.25) is 0 Å². The predicted octanol–water partition coefficient (Wildman–Crippen LogP) is 1.72. The van der Waals surface area contributed by atoms with Gasteiger partial charge in [0.1, 0.15) is 0 Å². The van der Waals surface area contributed by atoms with Crippen molar-refractivity contribution in [1.82, 2.24) is 9.80 Å². The van der Waals surface area contributed by atoms with Crippen molar-refractivity contribution < 1.29 is 14.3 Å². The topological polar surface area (TPSA) is 61.9 Å². The molecule has 2 fully saturated rings. The number of para-hydroxylation sites is 1. The first-order valence-corrected chi connectivity index (χ1v) is 8.72. The molecule has 1 aromatic carbocycles. The lowest BCUT2D eigenvalue weighted by Crippen LogP contribution is -2.47. The van der Waals surface area contributed by atoms with Crippen LogP contribution in [0.5, 0.6) is 5.75 Å². The molecular formula is C18H23N3O3. The van der Waals surface area contributed by atoms with E-state index in [1.165, 1.54) is 6.42 Å². The Balaban J connectivity index is 1.62. The Bertz CT molecular complexity index is 675. The highest BCUT2D eigenvalue weighted by Crippen LogP contribution is 2.35. The minimum atomic E-state index is -0.182. The molecule has 1 N–H and O–H groups in total. The highest BCUT2D eigenvalue weighted by Gasteiger charge is 2.39. The average Bonchev–Trinajstić information content (AvgIpc) is 3.21. The van der Waals surface area contributed by atoms with E-state index in [4.69, 9.17) is 4.74 Å². The summed E-state index contributed by atoms with van der Waals surface area (Å²) in [5.41, 5.74) is 1.14. The van der Waals surface area contributed by atoms with Crippen LogP contribution in [0.3, 0.4) is 0 Å². The lowest BCUT2D eigenvalue weighted by Gasteiger charge is -2.34. The molecule has 24 heavy (non-hydrogen) atoms. The largest absolute Gasteiger partial charge is 0.481 e. The zero-order valence-electron chi connectivity index (χ0n) is 14.0. The fraction of sp³-hybridized carbons (Fsp3) is 0.556. The summed E-state index contributed by atoms with van der Waals surface area (Å²) in [5.74, 6) is 0.344. The molecule has 1 aromatic rings. The molecule has 3 aliphatic rings. The van der Waals surface area contributed by atoms with E-state index in [-0.39, 0.29) is 24.5 Å².